The van der Waals surface area contributed by atoms with Crippen LogP contribution in [0.25, 0.3) is 0 Å². The quantitative estimate of drug-likeness (QED) is 0.598. The number of hydrogen-bond acceptors (Lipinski definition) is 2. The Morgan fingerprint density at radius 1 is 1.00 bits per heavy atom. The lowest BCUT2D eigenvalue weighted by Crippen LogP contribution is -2.11. The average molecular weight is 230 g/mol. The Kier molecular flexibility index (Phi) is 3.50. The standard InChI is InChI=1S/C14H11FO2/c15-12-8-6-11(7-9-12)10-14(16)17-13-4-2-1-3-5-13/h1-9H,10H2. The zero-order valence-electron chi connectivity index (χ0n) is 9.10. The van der Waals surface area contributed by atoms with Gasteiger partial charge in [-0.05, 0) is 29.8 Å². The third-order valence-corrected chi connectivity index (χ3v) is 2.24. The highest BCUT2D eigenvalue weighted by molar-refractivity contribution is 5.75. The molecule has 0 fully saturated rings. The van der Waals surface area contributed by atoms with Crippen LogP contribution in [0, 0.1) is 5.82 Å². The molecular formula is C14H11FO2. The first-order valence-corrected chi connectivity index (χ1v) is 5.24. The van der Waals surface area contributed by atoms with Crippen LogP contribution in [-0.2, 0) is 11.2 Å². The van der Waals surface area contributed by atoms with Crippen LogP contribution in [0.4, 0.5) is 4.39 Å². The first kappa shape index (κ1) is 11.3. The first-order chi connectivity index (χ1) is 8.24. The molecule has 2 nitrogen and oxygen atoms in total. The summed E-state index contributed by atoms with van der Waals surface area (Å²) in [6.45, 7) is 0. The van der Waals surface area contributed by atoms with E-state index >= 15 is 0 Å². The van der Waals surface area contributed by atoms with Crippen LogP contribution in [-0.4, -0.2) is 5.97 Å². The van der Waals surface area contributed by atoms with E-state index in [1.54, 1.807) is 36.4 Å². The Bertz CT molecular complexity index is 491. The van der Waals surface area contributed by atoms with Gasteiger partial charge in [-0.3, -0.25) is 4.79 Å². The maximum atomic E-state index is 12.7. The molecule has 0 amide bonds. The van der Waals surface area contributed by atoms with E-state index in [2.05, 4.69) is 0 Å². The average Bonchev–Trinajstić information content (AvgIpc) is 2.33. The fourth-order valence-electron chi connectivity index (χ4n) is 1.42. The molecule has 17 heavy (non-hydrogen) atoms. The van der Waals surface area contributed by atoms with Crippen LogP contribution in [0.2, 0.25) is 0 Å². The van der Waals surface area contributed by atoms with Crippen molar-refractivity contribution in [1.82, 2.24) is 0 Å². The Morgan fingerprint density at radius 2 is 1.65 bits per heavy atom. The summed E-state index contributed by atoms with van der Waals surface area (Å²) in [4.78, 5) is 11.6. The third kappa shape index (κ3) is 3.41. The Balaban J connectivity index is 1.96. The van der Waals surface area contributed by atoms with Crippen molar-refractivity contribution in [1.29, 1.82) is 0 Å². The van der Waals surface area contributed by atoms with Gasteiger partial charge in [-0.15, -0.1) is 0 Å². The van der Waals surface area contributed by atoms with Gasteiger partial charge < -0.3 is 4.74 Å². The van der Waals surface area contributed by atoms with Crippen molar-refractivity contribution in [3.63, 3.8) is 0 Å². The lowest BCUT2D eigenvalue weighted by molar-refractivity contribution is -0.133. The summed E-state index contributed by atoms with van der Waals surface area (Å²) < 4.78 is 17.8. The highest BCUT2D eigenvalue weighted by Crippen LogP contribution is 2.10. The van der Waals surface area contributed by atoms with Crippen molar-refractivity contribution >= 4 is 5.97 Å². The van der Waals surface area contributed by atoms with E-state index in [-0.39, 0.29) is 18.2 Å². The van der Waals surface area contributed by atoms with Crippen molar-refractivity contribution in [2.75, 3.05) is 0 Å². The van der Waals surface area contributed by atoms with E-state index in [0.717, 1.165) is 5.56 Å². The second-order valence-corrected chi connectivity index (χ2v) is 3.59. The van der Waals surface area contributed by atoms with Crippen LogP contribution in [0.1, 0.15) is 5.56 Å². The van der Waals surface area contributed by atoms with Crippen molar-refractivity contribution in [2.45, 2.75) is 6.42 Å². The fraction of sp³-hybridized carbons (Fsp3) is 0.0714. The second kappa shape index (κ2) is 5.25. The first-order valence-electron chi connectivity index (χ1n) is 5.24. The zero-order chi connectivity index (χ0) is 12.1. The Labute approximate surface area is 98.7 Å². The number of carbonyl (C=O) groups is 1. The minimum atomic E-state index is -0.359. The normalized spacial score (nSPS) is 9.94. The summed E-state index contributed by atoms with van der Waals surface area (Å²) >= 11 is 0. The Hall–Kier alpha value is -2.16. The van der Waals surface area contributed by atoms with Crippen molar-refractivity contribution in [2.24, 2.45) is 0 Å². The minimum absolute atomic E-state index is 0.134. The molecule has 0 aliphatic heterocycles. The maximum absolute atomic E-state index is 12.7. The molecule has 2 aromatic carbocycles. The number of benzene rings is 2. The van der Waals surface area contributed by atoms with Crippen molar-refractivity contribution in [3.05, 3.63) is 66.0 Å². The van der Waals surface area contributed by atoms with Crippen LogP contribution < -0.4 is 4.74 Å². The van der Waals surface area contributed by atoms with E-state index < -0.39 is 0 Å². The molecule has 0 aliphatic rings. The fourth-order valence-corrected chi connectivity index (χ4v) is 1.42. The van der Waals surface area contributed by atoms with Gasteiger partial charge >= 0.3 is 5.97 Å². The SMILES string of the molecule is O=C(Cc1ccc(F)cc1)Oc1ccccc1. The van der Waals surface area contributed by atoms with Crippen LogP contribution >= 0.6 is 0 Å². The molecule has 2 rings (SSSR count). The zero-order valence-corrected chi connectivity index (χ0v) is 9.10. The summed E-state index contributed by atoms with van der Waals surface area (Å²) in [6.07, 6.45) is 0.134. The van der Waals surface area contributed by atoms with Gasteiger partial charge in [-0.1, -0.05) is 30.3 Å². The molecule has 0 spiro atoms. The van der Waals surface area contributed by atoms with Gasteiger partial charge in [0.15, 0.2) is 0 Å². The van der Waals surface area contributed by atoms with E-state index in [0.29, 0.717) is 5.75 Å². The molecule has 2 aromatic rings. The molecule has 0 aromatic heterocycles. The van der Waals surface area contributed by atoms with Gasteiger partial charge in [0.25, 0.3) is 0 Å². The third-order valence-electron chi connectivity index (χ3n) is 2.24. The smallest absolute Gasteiger partial charge is 0.315 e. The van der Waals surface area contributed by atoms with E-state index in [9.17, 15) is 9.18 Å². The summed E-state index contributed by atoms with van der Waals surface area (Å²) in [6, 6.07) is 14.6. The molecule has 0 bridgehead atoms. The number of halogens is 1. The molecule has 0 aliphatic carbocycles. The van der Waals surface area contributed by atoms with Gasteiger partial charge in [-0.2, -0.15) is 0 Å². The summed E-state index contributed by atoms with van der Waals surface area (Å²) in [5.74, 6) is -0.160. The minimum Gasteiger partial charge on any atom is -0.426 e. The molecule has 3 heteroatoms. The monoisotopic (exact) mass is 230 g/mol. The van der Waals surface area contributed by atoms with Crippen LogP contribution in [0.15, 0.2) is 54.6 Å². The molecule has 0 atom stereocenters. The van der Waals surface area contributed by atoms with Gasteiger partial charge in [0, 0.05) is 0 Å². The summed E-state index contributed by atoms with van der Waals surface area (Å²) in [5, 5.41) is 0. The van der Waals surface area contributed by atoms with Gasteiger partial charge in [0.05, 0.1) is 6.42 Å². The highest BCUT2D eigenvalue weighted by Gasteiger charge is 2.06. The number of ether oxygens (including phenoxy) is 1. The summed E-state index contributed by atoms with van der Waals surface area (Å²) in [7, 11) is 0. The van der Waals surface area contributed by atoms with E-state index in [4.69, 9.17) is 4.74 Å². The number of para-hydroxylation sites is 1. The lowest BCUT2D eigenvalue weighted by Gasteiger charge is -2.03. The molecule has 0 saturated heterocycles. The number of hydrogen-bond donors (Lipinski definition) is 0. The van der Waals surface area contributed by atoms with Crippen LogP contribution in [0.5, 0.6) is 5.75 Å². The van der Waals surface area contributed by atoms with Crippen molar-refractivity contribution in [3.8, 4) is 5.75 Å². The molecule has 86 valence electrons. The molecular weight excluding hydrogens is 219 g/mol. The number of rotatable bonds is 3. The highest BCUT2D eigenvalue weighted by atomic mass is 19.1. The van der Waals surface area contributed by atoms with Gasteiger partial charge in [-0.25, -0.2) is 4.39 Å². The van der Waals surface area contributed by atoms with E-state index in [1.807, 2.05) is 6.07 Å². The molecule has 0 unspecified atom stereocenters. The van der Waals surface area contributed by atoms with Gasteiger partial charge in [0.1, 0.15) is 11.6 Å². The van der Waals surface area contributed by atoms with E-state index in [1.165, 1.54) is 12.1 Å². The molecule has 0 heterocycles. The van der Waals surface area contributed by atoms with Crippen LogP contribution in [0.3, 0.4) is 0 Å². The molecule has 0 N–H and O–H groups in total. The Morgan fingerprint density at radius 3 is 2.29 bits per heavy atom. The topological polar surface area (TPSA) is 26.3 Å². The number of esters is 1. The predicted octanol–water partition coefficient (Wildman–Crippen LogP) is 2.97. The maximum Gasteiger partial charge on any atom is 0.315 e. The second-order valence-electron chi connectivity index (χ2n) is 3.59. The number of carbonyl (C=O) groups excluding carboxylic acids is 1. The molecule has 0 radical (unpaired) electrons. The lowest BCUT2D eigenvalue weighted by atomic mass is 10.1. The molecule has 0 saturated carbocycles. The predicted molar refractivity (Wildman–Crippen MR) is 62.2 cm³/mol. The largest absolute Gasteiger partial charge is 0.426 e. The van der Waals surface area contributed by atoms with Crippen molar-refractivity contribution < 1.29 is 13.9 Å². The summed E-state index contributed by atoms with van der Waals surface area (Å²) in [5.41, 5.74) is 0.729. The van der Waals surface area contributed by atoms with Gasteiger partial charge in [0.2, 0.25) is 0 Å².